The van der Waals surface area contributed by atoms with Gasteiger partial charge in [-0.15, -0.1) is 21.5 Å². The summed E-state index contributed by atoms with van der Waals surface area (Å²) in [5, 5.41) is 14.0. The van der Waals surface area contributed by atoms with E-state index in [1.165, 1.54) is 11.3 Å². The van der Waals surface area contributed by atoms with Crippen LogP contribution in [-0.2, 0) is 4.79 Å². The van der Waals surface area contributed by atoms with Gasteiger partial charge in [0.25, 0.3) is 0 Å². The molecule has 0 bridgehead atoms. The maximum atomic E-state index is 12.2. The van der Waals surface area contributed by atoms with Gasteiger partial charge in [0.1, 0.15) is 5.82 Å². The molecule has 4 rings (SSSR count). The summed E-state index contributed by atoms with van der Waals surface area (Å²) in [5.74, 6) is 1.26. The third-order valence-electron chi connectivity index (χ3n) is 4.26. The number of nitrogens with zero attached hydrogens (tertiary/aromatic N) is 5. The number of likely N-dealkylation sites (tertiary alicyclic amines) is 1. The highest BCUT2D eigenvalue weighted by atomic mass is 32.1. The van der Waals surface area contributed by atoms with E-state index in [4.69, 9.17) is 0 Å². The topological polar surface area (TPSA) is 75.4 Å². The molecule has 3 aromatic heterocycles. The van der Waals surface area contributed by atoms with Crippen molar-refractivity contribution in [2.45, 2.75) is 18.8 Å². The summed E-state index contributed by atoms with van der Waals surface area (Å²) in [5.41, 5.74) is 0.867. The van der Waals surface area contributed by atoms with Gasteiger partial charge in [0.2, 0.25) is 5.91 Å². The number of thiazole rings is 1. The Kier molecular flexibility index (Phi) is 4.22. The third kappa shape index (κ3) is 3.15. The summed E-state index contributed by atoms with van der Waals surface area (Å²) < 4.78 is 2.05. The van der Waals surface area contributed by atoms with Gasteiger partial charge in [0.15, 0.2) is 10.8 Å². The van der Waals surface area contributed by atoms with Crippen LogP contribution in [0.5, 0.6) is 0 Å². The number of aromatic nitrogens is 4. The standard InChI is InChI=1S/C16H18N6OS/c23-14(18-16-17-6-9-24-16)11-21-7-3-4-12(10-21)15-20-19-13-5-1-2-8-22(13)15/h1-2,5-6,8-9,12H,3-4,7,10-11H2,(H,17,18,23). The van der Waals surface area contributed by atoms with Crippen LogP contribution in [0.2, 0.25) is 0 Å². The number of hydrogen-bond donors (Lipinski definition) is 1. The highest BCUT2D eigenvalue weighted by Crippen LogP contribution is 2.26. The summed E-state index contributed by atoms with van der Waals surface area (Å²) in [6, 6.07) is 5.91. The molecule has 1 N–H and O–H groups in total. The van der Waals surface area contributed by atoms with Gasteiger partial charge in [-0.2, -0.15) is 0 Å². The smallest absolute Gasteiger partial charge is 0.240 e. The van der Waals surface area contributed by atoms with Crippen molar-refractivity contribution in [3.8, 4) is 0 Å². The van der Waals surface area contributed by atoms with Crippen LogP contribution >= 0.6 is 11.3 Å². The molecule has 0 spiro atoms. The number of piperidine rings is 1. The van der Waals surface area contributed by atoms with E-state index < -0.39 is 0 Å². The van der Waals surface area contributed by atoms with Crippen LogP contribution in [0.15, 0.2) is 36.0 Å². The minimum absolute atomic E-state index is 0.0169. The number of hydrogen-bond acceptors (Lipinski definition) is 6. The number of fused-ring (bicyclic) bond motifs is 1. The predicted octanol–water partition coefficient (Wildman–Crippen LogP) is 2.00. The second-order valence-electron chi connectivity index (χ2n) is 5.95. The van der Waals surface area contributed by atoms with Crippen LogP contribution in [0.4, 0.5) is 5.13 Å². The fraction of sp³-hybridized carbons (Fsp3) is 0.375. The molecule has 1 atom stereocenters. The molecular formula is C16H18N6OS. The number of rotatable bonds is 4. The molecule has 0 aliphatic carbocycles. The van der Waals surface area contributed by atoms with Gasteiger partial charge < -0.3 is 5.32 Å². The van der Waals surface area contributed by atoms with Gasteiger partial charge >= 0.3 is 0 Å². The van der Waals surface area contributed by atoms with Crippen molar-refractivity contribution in [2.24, 2.45) is 0 Å². The summed E-state index contributed by atoms with van der Waals surface area (Å²) in [7, 11) is 0. The molecule has 1 amide bonds. The molecule has 1 aliphatic rings. The predicted molar refractivity (Wildman–Crippen MR) is 92.1 cm³/mol. The minimum Gasteiger partial charge on any atom is -0.301 e. The lowest BCUT2D eigenvalue weighted by atomic mass is 9.97. The molecule has 1 fully saturated rings. The Labute approximate surface area is 143 Å². The lowest BCUT2D eigenvalue weighted by molar-refractivity contribution is -0.117. The number of carbonyl (C=O) groups excluding carboxylic acids is 1. The molecule has 4 heterocycles. The molecule has 0 aromatic carbocycles. The molecule has 1 aliphatic heterocycles. The zero-order valence-electron chi connectivity index (χ0n) is 13.1. The van der Waals surface area contributed by atoms with Crippen molar-refractivity contribution < 1.29 is 4.79 Å². The lowest BCUT2D eigenvalue weighted by Crippen LogP contribution is -2.40. The van der Waals surface area contributed by atoms with Crippen molar-refractivity contribution in [1.82, 2.24) is 24.5 Å². The second kappa shape index (κ2) is 6.66. The second-order valence-corrected chi connectivity index (χ2v) is 6.84. The van der Waals surface area contributed by atoms with E-state index in [9.17, 15) is 4.79 Å². The van der Waals surface area contributed by atoms with Crippen LogP contribution in [0.3, 0.4) is 0 Å². The van der Waals surface area contributed by atoms with Gasteiger partial charge in [-0.05, 0) is 31.5 Å². The van der Waals surface area contributed by atoms with E-state index in [-0.39, 0.29) is 5.91 Å². The number of nitrogens with one attached hydrogen (secondary N) is 1. The average molecular weight is 342 g/mol. The number of pyridine rings is 1. The first kappa shape index (κ1) is 15.2. The molecule has 24 heavy (non-hydrogen) atoms. The Morgan fingerprint density at radius 1 is 1.38 bits per heavy atom. The lowest BCUT2D eigenvalue weighted by Gasteiger charge is -2.31. The average Bonchev–Trinajstić information content (AvgIpc) is 3.24. The minimum atomic E-state index is -0.0169. The van der Waals surface area contributed by atoms with Gasteiger partial charge in [0, 0.05) is 30.2 Å². The summed E-state index contributed by atoms with van der Waals surface area (Å²) in [6.45, 7) is 2.13. The highest BCUT2D eigenvalue weighted by Gasteiger charge is 2.26. The molecule has 1 saturated heterocycles. The van der Waals surface area contributed by atoms with Crippen molar-refractivity contribution in [3.05, 3.63) is 41.8 Å². The number of carbonyl (C=O) groups is 1. The third-order valence-corrected chi connectivity index (χ3v) is 4.95. The van der Waals surface area contributed by atoms with Gasteiger partial charge in [0.05, 0.1) is 6.54 Å². The Hall–Kier alpha value is -2.32. The molecule has 8 heteroatoms. The van der Waals surface area contributed by atoms with Gasteiger partial charge in [-0.1, -0.05) is 6.07 Å². The fourth-order valence-corrected chi connectivity index (χ4v) is 3.74. The summed E-state index contributed by atoms with van der Waals surface area (Å²) in [4.78, 5) is 18.4. The molecule has 7 nitrogen and oxygen atoms in total. The first-order valence-electron chi connectivity index (χ1n) is 8.01. The van der Waals surface area contributed by atoms with Crippen molar-refractivity contribution in [3.63, 3.8) is 0 Å². The van der Waals surface area contributed by atoms with Crippen molar-refractivity contribution in [1.29, 1.82) is 0 Å². The summed E-state index contributed by atoms with van der Waals surface area (Å²) >= 11 is 1.43. The largest absolute Gasteiger partial charge is 0.301 e. The number of anilines is 1. The Bertz CT molecular complexity index is 830. The van der Waals surface area contributed by atoms with Crippen molar-refractivity contribution in [2.75, 3.05) is 25.0 Å². The Balaban J connectivity index is 1.43. The first-order chi connectivity index (χ1) is 11.8. The van der Waals surface area contributed by atoms with E-state index in [0.717, 1.165) is 37.4 Å². The van der Waals surface area contributed by atoms with Crippen LogP contribution in [0.1, 0.15) is 24.6 Å². The van der Waals surface area contributed by atoms with Crippen LogP contribution in [-0.4, -0.2) is 50.0 Å². The van der Waals surface area contributed by atoms with E-state index in [1.54, 1.807) is 6.20 Å². The molecule has 3 aromatic rings. The molecular weight excluding hydrogens is 324 g/mol. The van der Waals surface area contributed by atoms with Crippen LogP contribution < -0.4 is 5.32 Å². The van der Waals surface area contributed by atoms with E-state index in [0.29, 0.717) is 17.6 Å². The monoisotopic (exact) mass is 342 g/mol. The normalized spacial score (nSPS) is 18.8. The molecule has 124 valence electrons. The van der Waals surface area contributed by atoms with Gasteiger partial charge in [-0.3, -0.25) is 14.1 Å². The molecule has 0 radical (unpaired) electrons. The van der Waals surface area contributed by atoms with Crippen LogP contribution in [0, 0.1) is 0 Å². The fourth-order valence-electron chi connectivity index (χ4n) is 3.20. The Morgan fingerprint density at radius 2 is 2.33 bits per heavy atom. The van der Waals surface area contributed by atoms with Crippen molar-refractivity contribution >= 4 is 28.0 Å². The van der Waals surface area contributed by atoms with E-state index in [1.807, 2.05) is 34.2 Å². The van der Waals surface area contributed by atoms with Gasteiger partial charge in [-0.25, -0.2) is 4.98 Å². The zero-order valence-corrected chi connectivity index (χ0v) is 13.9. The zero-order chi connectivity index (χ0) is 16.4. The van der Waals surface area contributed by atoms with Crippen LogP contribution in [0.25, 0.3) is 5.65 Å². The SMILES string of the molecule is O=C(CN1CCCC(c2nnc3ccccn23)C1)Nc1nccs1. The first-order valence-corrected chi connectivity index (χ1v) is 8.89. The molecule has 1 unspecified atom stereocenters. The maximum absolute atomic E-state index is 12.2. The van der Waals surface area contributed by atoms with E-state index >= 15 is 0 Å². The molecule has 0 saturated carbocycles. The highest BCUT2D eigenvalue weighted by molar-refractivity contribution is 7.13. The quantitative estimate of drug-likeness (QED) is 0.785. The Morgan fingerprint density at radius 3 is 3.21 bits per heavy atom. The maximum Gasteiger partial charge on any atom is 0.240 e. The van der Waals surface area contributed by atoms with E-state index in [2.05, 4.69) is 25.4 Å². The summed E-state index contributed by atoms with van der Waals surface area (Å²) in [6.07, 6.45) is 5.81. The number of amides is 1.